The van der Waals surface area contributed by atoms with Gasteiger partial charge in [0.25, 0.3) is 0 Å². The lowest BCUT2D eigenvalue weighted by Gasteiger charge is -2.10. The molecule has 0 spiro atoms. The summed E-state index contributed by atoms with van der Waals surface area (Å²) in [5.41, 5.74) is 6.49. The number of nitrogen functional groups attached to an aromatic ring is 1. The highest BCUT2D eigenvalue weighted by Crippen LogP contribution is 2.32. The standard InChI is InChI=1S/C13H12Cl2N2O2S/c1-7-11(2-3-19-7)20-6-12(18)17-13-9(15)4-8(14)5-10(13)16/h2-5H,6,16H2,1H3,(H,17,18). The average Bonchev–Trinajstić information content (AvgIpc) is 2.77. The number of halogens is 2. The van der Waals surface area contributed by atoms with Crippen molar-refractivity contribution in [2.45, 2.75) is 11.8 Å². The van der Waals surface area contributed by atoms with Crippen molar-refractivity contribution in [3.8, 4) is 0 Å². The van der Waals surface area contributed by atoms with Crippen molar-refractivity contribution < 1.29 is 9.21 Å². The van der Waals surface area contributed by atoms with Crippen LogP contribution in [0.2, 0.25) is 10.0 Å². The first-order chi connectivity index (χ1) is 9.47. The summed E-state index contributed by atoms with van der Waals surface area (Å²) in [6.45, 7) is 1.84. The second kappa shape index (κ2) is 6.43. The van der Waals surface area contributed by atoms with Crippen LogP contribution in [0.5, 0.6) is 0 Å². The van der Waals surface area contributed by atoms with Crippen LogP contribution in [0.3, 0.4) is 0 Å². The molecule has 1 aromatic carbocycles. The highest BCUT2D eigenvalue weighted by atomic mass is 35.5. The number of anilines is 2. The van der Waals surface area contributed by atoms with Gasteiger partial charge in [-0.3, -0.25) is 4.79 Å². The molecular formula is C13H12Cl2N2O2S. The fraction of sp³-hybridized carbons (Fsp3) is 0.154. The van der Waals surface area contributed by atoms with Gasteiger partial charge in [0.05, 0.1) is 28.4 Å². The Labute approximate surface area is 130 Å². The summed E-state index contributed by atoms with van der Waals surface area (Å²) < 4.78 is 5.16. The van der Waals surface area contributed by atoms with Gasteiger partial charge in [-0.2, -0.15) is 0 Å². The first-order valence-corrected chi connectivity index (χ1v) is 7.43. The molecule has 1 heterocycles. The fourth-order valence-electron chi connectivity index (χ4n) is 1.57. The molecule has 1 aromatic heterocycles. The van der Waals surface area contributed by atoms with E-state index in [2.05, 4.69) is 5.32 Å². The Morgan fingerprint density at radius 1 is 1.45 bits per heavy atom. The number of benzene rings is 1. The lowest BCUT2D eigenvalue weighted by molar-refractivity contribution is -0.113. The summed E-state index contributed by atoms with van der Waals surface area (Å²) in [6, 6.07) is 4.88. The zero-order valence-corrected chi connectivity index (χ0v) is 12.9. The van der Waals surface area contributed by atoms with Crippen LogP contribution in [0, 0.1) is 6.92 Å². The highest BCUT2D eigenvalue weighted by Gasteiger charge is 2.12. The van der Waals surface area contributed by atoms with Gasteiger partial charge < -0.3 is 15.5 Å². The number of nitrogens with two attached hydrogens (primary N) is 1. The minimum Gasteiger partial charge on any atom is -0.468 e. The zero-order chi connectivity index (χ0) is 14.7. The molecule has 3 N–H and O–H groups in total. The highest BCUT2D eigenvalue weighted by molar-refractivity contribution is 8.00. The summed E-state index contributed by atoms with van der Waals surface area (Å²) in [7, 11) is 0. The molecule has 0 radical (unpaired) electrons. The van der Waals surface area contributed by atoms with Gasteiger partial charge in [0.2, 0.25) is 5.91 Å². The zero-order valence-electron chi connectivity index (χ0n) is 10.6. The van der Waals surface area contributed by atoms with Gasteiger partial charge in [-0.05, 0) is 25.1 Å². The van der Waals surface area contributed by atoms with Crippen LogP contribution in [0.15, 0.2) is 33.8 Å². The van der Waals surface area contributed by atoms with Crippen molar-refractivity contribution in [3.63, 3.8) is 0 Å². The molecule has 0 saturated heterocycles. The number of hydrogen-bond acceptors (Lipinski definition) is 4. The number of rotatable bonds is 4. The number of nitrogens with one attached hydrogen (secondary N) is 1. The number of amides is 1. The average molecular weight is 331 g/mol. The van der Waals surface area contributed by atoms with Crippen molar-refractivity contribution in [2.75, 3.05) is 16.8 Å². The van der Waals surface area contributed by atoms with E-state index in [9.17, 15) is 4.79 Å². The van der Waals surface area contributed by atoms with Gasteiger partial charge in [-0.25, -0.2) is 0 Å². The maximum atomic E-state index is 11.9. The molecule has 0 fully saturated rings. The third kappa shape index (κ3) is 3.62. The Morgan fingerprint density at radius 2 is 2.20 bits per heavy atom. The Morgan fingerprint density at radius 3 is 2.80 bits per heavy atom. The third-order valence-electron chi connectivity index (χ3n) is 2.52. The molecule has 1 amide bonds. The van der Waals surface area contributed by atoms with E-state index in [0.29, 0.717) is 21.4 Å². The van der Waals surface area contributed by atoms with Gasteiger partial charge in [0, 0.05) is 9.92 Å². The maximum Gasteiger partial charge on any atom is 0.234 e. The van der Waals surface area contributed by atoms with E-state index in [1.165, 1.54) is 23.9 Å². The molecular weight excluding hydrogens is 319 g/mol. The van der Waals surface area contributed by atoms with Crippen molar-refractivity contribution in [1.29, 1.82) is 0 Å². The number of furan rings is 1. The number of carbonyl (C=O) groups is 1. The van der Waals surface area contributed by atoms with Crippen molar-refractivity contribution in [2.24, 2.45) is 0 Å². The minimum absolute atomic E-state index is 0.202. The van der Waals surface area contributed by atoms with Crippen LogP contribution in [-0.2, 0) is 4.79 Å². The predicted octanol–water partition coefficient (Wildman–Crippen LogP) is 4.21. The van der Waals surface area contributed by atoms with E-state index in [1.807, 2.05) is 13.0 Å². The molecule has 0 aliphatic carbocycles. The SMILES string of the molecule is Cc1occc1SCC(=O)Nc1c(N)cc(Cl)cc1Cl. The Bertz CT molecular complexity index is 620. The molecule has 0 saturated carbocycles. The van der Waals surface area contributed by atoms with Crippen LogP contribution >= 0.6 is 35.0 Å². The maximum absolute atomic E-state index is 11.9. The van der Waals surface area contributed by atoms with Crippen LogP contribution in [0.1, 0.15) is 5.76 Å². The largest absolute Gasteiger partial charge is 0.468 e. The number of carbonyl (C=O) groups excluding carboxylic acids is 1. The second-order valence-electron chi connectivity index (χ2n) is 4.03. The molecule has 106 valence electrons. The van der Waals surface area contributed by atoms with Crippen LogP contribution in [0.4, 0.5) is 11.4 Å². The molecule has 20 heavy (non-hydrogen) atoms. The van der Waals surface area contributed by atoms with E-state index >= 15 is 0 Å². The van der Waals surface area contributed by atoms with E-state index in [0.717, 1.165) is 10.7 Å². The predicted molar refractivity (Wildman–Crippen MR) is 83.7 cm³/mol. The Kier molecular flexibility index (Phi) is 4.86. The molecule has 0 aliphatic rings. The van der Waals surface area contributed by atoms with Crippen LogP contribution in [-0.4, -0.2) is 11.7 Å². The Balaban J connectivity index is 2.00. The summed E-state index contributed by atoms with van der Waals surface area (Å²) >= 11 is 13.2. The molecule has 0 bridgehead atoms. The Hall–Kier alpha value is -1.30. The lowest BCUT2D eigenvalue weighted by atomic mass is 10.2. The van der Waals surface area contributed by atoms with Gasteiger partial charge >= 0.3 is 0 Å². The molecule has 7 heteroatoms. The van der Waals surface area contributed by atoms with E-state index in [4.69, 9.17) is 33.4 Å². The quantitative estimate of drug-likeness (QED) is 0.650. The third-order valence-corrected chi connectivity index (χ3v) is 4.18. The molecule has 0 atom stereocenters. The normalized spacial score (nSPS) is 10.6. The summed E-state index contributed by atoms with van der Waals surface area (Å²) in [5.74, 6) is 0.817. The van der Waals surface area contributed by atoms with Crippen molar-refractivity contribution in [3.05, 3.63) is 40.3 Å². The number of thioether (sulfide) groups is 1. The van der Waals surface area contributed by atoms with Gasteiger partial charge in [0.15, 0.2) is 0 Å². The number of hydrogen-bond donors (Lipinski definition) is 2. The van der Waals surface area contributed by atoms with E-state index in [-0.39, 0.29) is 11.7 Å². The fourth-order valence-corrected chi connectivity index (χ4v) is 2.89. The van der Waals surface area contributed by atoms with Crippen molar-refractivity contribution >= 4 is 52.2 Å². The van der Waals surface area contributed by atoms with Crippen molar-refractivity contribution in [1.82, 2.24) is 0 Å². The minimum atomic E-state index is -0.202. The molecule has 0 aliphatic heterocycles. The van der Waals surface area contributed by atoms with Gasteiger partial charge in [0.1, 0.15) is 5.76 Å². The molecule has 4 nitrogen and oxygen atoms in total. The summed E-state index contributed by atoms with van der Waals surface area (Å²) in [4.78, 5) is 12.8. The molecule has 2 aromatic rings. The topological polar surface area (TPSA) is 68.3 Å². The lowest BCUT2D eigenvalue weighted by Crippen LogP contribution is -2.15. The van der Waals surface area contributed by atoms with Crippen LogP contribution < -0.4 is 11.1 Å². The first kappa shape index (κ1) is 15.1. The smallest absolute Gasteiger partial charge is 0.234 e. The van der Waals surface area contributed by atoms with Crippen LogP contribution in [0.25, 0.3) is 0 Å². The van der Waals surface area contributed by atoms with E-state index in [1.54, 1.807) is 6.26 Å². The summed E-state index contributed by atoms with van der Waals surface area (Å²) in [6.07, 6.45) is 1.59. The monoisotopic (exact) mass is 330 g/mol. The number of aryl methyl sites for hydroxylation is 1. The molecule has 2 rings (SSSR count). The second-order valence-corrected chi connectivity index (χ2v) is 5.89. The van der Waals surface area contributed by atoms with E-state index < -0.39 is 0 Å². The van der Waals surface area contributed by atoms with Gasteiger partial charge in [-0.1, -0.05) is 23.2 Å². The first-order valence-electron chi connectivity index (χ1n) is 5.68. The molecule has 0 unspecified atom stereocenters. The summed E-state index contributed by atoms with van der Waals surface area (Å²) in [5, 5.41) is 3.42. The van der Waals surface area contributed by atoms with Gasteiger partial charge in [-0.15, -0.1) is 11.8 Å².